The summed E-state index contributed by atoms with van der Waals surface area (Å²) < 4.78 is 37.7. The second kappa shape index (κ2) is 7.90. The van der Waals surface area contributed by atoms with Crippen molar-refractivity contribution in [1.29, 1.82) is 0 Å². The molecular formula is C17H26FNO3S. The molecule has 0 bridgehead atoms. The second-order valence-electron chi connectivity index (χ2n) is 5.86. The summed E-state index contributed by atoms with van der Waals surface area (Å²) in [5, 5.41) is 2.56. The van der Waals surface area contributed by atoms with E-state index in [2.05, 4.69) is 5.32 Å². The minimum absolute atomic E-state index is 0.114. The van der Waals surface area contributed by atoms with Crippen molar-refractivity contribution in [2.75, 3.05) is 5.75 Å². The Bertz CT molecular complexity index is 644. The maximum absolute atomic E-state index is 13.5. The van der Waals surface area contributed by atoms with Crippen LogP contribution in [0.3, 0.4) is 0 Å². The molecule has 4 nitrogen and oxygen atoms in total. The van der Waals surface area contributed by atoms with Gasteiger partial charge in [-0.05, 0) is 43.4 Å². The summed E-state index contributed by atoms with van der Waals surface area (Å²) in [7, 11) is -3.54. The maximum Gasteiger partial charge on any atom is 0.235 e. The summed E-state index contributed by atoms with van der Waals surface area (Å²) >= 11 is 0. The van der Waals surface area contributed by atoms with Crippen LogP contribution in [-0.2, 0) is 21.2 Å². The van der Waals surface area contributed by atoms with Crippen LogP contribution < -0.4 is 5.32 Å². The van der Waals surface area contributed by atoms with E-state index in [1.807, 2.05) is 20.8 Å². The predicted octanol–water partition coefficient (Wildman–Crippen LogP) is 3.13. The van der Waals surface area contributed by atoms with Crippen molar-refractivity contribution in [3.8, 4) is 0 Å². The Labute approximate surface area is 138 Å². The molecule has 0 atom stereocenters. The van der Waals surface area contributed by atoms with Gasteiger partial charge in [-0.15, -0.1) is 0 Å². The van der Waals surface area contributed by atoms with E-state index in [1.54, 1.807) is 19.1 Å². The third-order valence-electron chi connectivity index (χ3n) is 4.64. The summed E-state index contributed by atoms with van der Waals surface area (Å²) in [4.78, 5) is 12.0. The topological polar surface area (TPSA) is 63.2 Å². The number of halogens is 1. The Hall–Kier alpha value is -1.43. The highest BCUT2D eigenvalue weighted by atomic mass is 32.2. The minimum Gasteiger partial charge on any atom is -0.351 e. The number of nitrogens with one attached hydrogen (secondary N) is 1. The number of hydrogen-bond acceptors (Lipinski definition) is 3. The van der Waals surface area contributed by atoms with E-state index in [0.29, 0.717) is 30.4 Å². The lowest BCUT2D eigenvalue weighted by Crippen LogP contribution is -2.43. The third kappa shape index (κ3) is 4.53. The molecule has 1 amide bonds. The standard InChI is InChI=1S/C17H26FNO3S/c1-5-17(6-2,7-3)23(21,22)12-16(20)19-11-14-9-8-13(4)15(18)10-14/h8-10H,5-7,11-12H2,1-4H3,(H,19,20). The monoisotopic (exact) mass is 343 g/mol. The zero-order valence-electron chi connectivity index (χ0n) is 14.3. The molecule has 6 heteroatoms. The van der Waals surface area contributed by atoms with Crippen LogP contribution in [-0.4, -0.2) is 24.8 Å². The number of benzene rings is 1. The Morgan fingerprint density at radius 3 is 2.22 bits per heavy atom. The van der Waals surface area contributed by atoms with Crippen molar-refractivity contribution in [2.24, 2.45) is 0 Å². The van der Waals surface area contributed by atoms with E-state index in [4.69, 9.17) is 0 Å². The quantitative estimate of drug-likeness (QED) is 0.789. The van der Waals surface area contributed by atoms with Crippen LogP contribution in [0.1, 0.15) is 51.2 Å². The maximum atomic E-state index is 13.5. The second-order valence-corrected chi connectivity index (χ2v) is 8.25. The van der Waals surface area contributed by atoms with Gasteiger partial charge in [-0.25, -0.2) is 12.8 Å². The van der Waals surface area contributed by atoms with E-state index < -0.39 is 26.2 Å². The Morgan fingerprint density at radius 2 is 1.74 bits per heavy atom. The lowest BCUT2D eigenvalue weighted by atomic mass is 9.99. The fraction of sp³-hybridized carbons (Fsp3) is 0.588. The Morgan fingerprint density at radius 1 is 1.17 bits per heavy atom. The number of sulfone groups is 1. The third-order valence-corrected chi connectivity index (χ3v) is 7.47. The molecule has 0 heterocycles. The van der Waals surface area contributed by atoms with Crippen LogP contribution in [0.5, 0.6) is 0 Å². The van der Waals surface area contributed by atoms with Gasteiger partial charge in [-0.1, -0.05) is 32.9 Å². The van der Waals surface area contributed by atoms with E-state index in [-0.39, 0.29) is 12.4 Å². The Kier molecular flexibility index (Phi) is 6.74. The predicted molar refractivity (Wildman–Crippen MR) is 90.4 cm³/mol. The number of carbonyl (C=O) groups excluding carboxylic acids is 1. The van der Waals surface area contributed by atoms with Gasteiger partial charge in [0.2, 0.25) is 5.91 Å². The largest absolute Gasteiger partial charge is 0.351 e. The van der Waals surface area contributed by atoms with E-state index in [1.165, 1.54) is 6.07 Å². The summed E-state index contributed by atoms with van der Waals surface area (Å²) in [5.41, 5.74) is 1.13. The zero-order chi connectivity index (χ0) is 17.7. The molecule has 1 rings (SSSR count). The molecule has 0 aliphatic carbocycles. The van der Waals surface area contributed by atoms with Crippen molar-refractivity contribution < 1.29 is 17.6 Å². The molecule has 0 aliphatic heterocycles. The normalized spacial score (nSPS) is 12.2. The van der Waals surface area contributed by atoms with Crippen LogP contribution in [0.4, 0.5) is 4.39 Å². The highest BCUT2D eigenvalue weighted by molar-refractivity contribution is 7.93. The zero-order valence-corrected chi connectivity index (χ0v) is 15.1. The Balaban J connectivity index is 2.74. The fourth-order valence-corrected chi connectivity index (χ4v) is 4.81. The van der Waals surface area contributed by atoms with Crippen LogP contribution >= 0.6 is 0 Å². The lowest BCUT2D eigenvalue weighted by molar-refractivity contribution is -0.118. The van der Waals surface area contributed by atoms with Gasteiger partial charge in [0, 0.05) is 6.54 Å². The van der Waals surface area contributed by atoms with Crippen LogP contribution in [0.2, 0.25) is 0 Å². The molecule has 0 unspecified atom stereocenters. The molecular weight excluding hydrogens is 317 g/mol. The minimum atomic E-state index is -3.54. The molecule has 0 radical (unpaired) electrons. The van der Waals surface area contributed by atoms with Crippen molar-refractivity contribution in [3.05, 3.63) is 35.1 Å². The molecule has 0 aromatic heterocycles. The molecule has 1 aromatic carbocycles. The summed E-state index contributed by atoms with van der Waals surface area (Å²) in [6.45, 7) is 7.26. The van der Waals surface area contributed by atoms with Crippen LogP contribution in [0, 0.1) is 12.7 Å². The molecule has 0 saturated heterocycles. The molecule has 130 valence electrons. The van der Waals surface area contributed by atoms with Gasteiger partial charge in [0.15, 0.2) is 9.84 Å². The average molecular weight is 343 g/mol. The lowest BCUT2D eigenvalue weighted by Gasteiger charge is -2.29. The van der Waals surface area contributed by atoms with Crippen molar-refractivity contribution in [2.45, 2.75) is 58.2 Å². The van der Waals surface area contributed by atoms with Gasteiger partial charge in [0.25, 0.3) is 0 Å². The number of hydrogen-bond donors (Lipinski definition) is 1. The SMILES string of the molecule is CCC(CC)(CC)S(=O)(=O)CC(=O)NCc1ccc(C)c(F)c1. The molecule has 1 aromatic rings. The van der Waals surface area contributed by atoms with E-state index >= 15 is 0 Å². The average Bonchev–Trinajstić information content (AvgIpc) is 2.50. The number of carbonyl (C=O) groups is 1. The molecule has 23 heavy (non-hydrogen) atoms. The van der Waals surface area contributed by atoms with Gasteiger partial charge in [0.1, 0.15) is 11.6 Å². The van der Waals surface area contributed by atoms with Crippen LogP contribution in [0.25, 0.3) is 0 Å². The molecule has 0 aliphatic rings. The molecule has 0 spiro atoms. The highest BCUT2D eigenvalue weighted by Crippen LogP contribution is 2.30. The van der Waals surface area contributed by atoms with Crippen molar-refractivity contribution in [3.63, 3.8) is 0 Å². The first-order chi connectivity index (χ1) is 10.7. The summed E-state index contributed by atoms with van der Waals surface area (Å²) in [5.74, 6) is -1.42. The van der Waals surface area contributed by atoms with E-state index in [9.17, 15) is 17.6 Å². The number of aryl methyl sites for hydroxylation is 1. The molecule has 0 saturated carbocycles. The van der Waals surface area contributed by atoms with E-state index in [0.717, 1.165) is 0 Å². The first kappa shape index (κ1) is 19.6. The van der Waals surface area contributed by atoms with Gasteiger partial charge in [-0.3, -0.25) is 4.79 Å². The smallest absolute Gasteiger partial charge is 0.235 e. The van der Waals surface area contributed by atoms with Gasteiger partial charge in [-0.2, -0.15) is 0 Å². The van der Waals surface area contributed by atoms with Crippen LogP contribution in [0.15, 0.2) is 18.2 Å². The molecule has 0 fully saturated rings. The first-order valence-electron chi connectivity index (χ1n) is 7.95. The van der Waals surface area contributed by atoms with Crippen molar-refractivity contribution >= 4 is 15.7 Å². The fourth-order valence-electron chi connectivity index (χ4n) is 2.73. The molecule has 1 N–H and O–H groups in total. The number of rotatable bonds is 8. The highest BCUT2D eigenvalue weighted by Gasteiger charge is 2.39. The van der Waals surface area contributed by atoms with Gasteiger partial charge >= 0.3 is 0 Å². The summed E-state index contributed by atoms with van der Waals surface area (Å²) in [6, 6.07) is 4.68. The number of amides is 1. The van der Waals surface area contributed by atoms with Gasteiger partial charge in [0.05, 0.1) is 4.75 Å². The first-order valence-corrected chi connectivity index (χ1v) is 9.60. The van der Waals surface area contributed by atoms with Gasteiger partial charge < -0.3 is 5.32 Å². The van der Waals surface area contributed by atoms with Crippen molar-refractivity contribution in [1.82, 2.24) is 5.32 Å². The summed E-state index contributed by atoms with van der Waals surface area (Å²) in [6.07, 6.45) is 1.45.